The molecule has 1 aromatic rings. The van der Waals surface area contributed by atoms with E-state index in [1.807, 2.05) is 6.07 Å². The molecule has 0 aliphatic carbocycles. The minimum absolute atomic E-state index is 0. The Labute approximate surface area is 70.6 Å². The summed E-state index contributed by atoms with van der Waals surface area (Å²) in [6.07, 6.45) is 0. The molecular formula is C6H8BiCl. The van der Waals surface area contributed by atoms with Gasteiger partial charge >= 0.3 is 58.3 Å². The van der Waals surface area contributed by atoms with Gasteiger partial charge < -0.3 is 0 Å². The molecule has 0 N–H and O–H groups in total. The van der Waals surface area contributed by atoms with Gasteiger partial charge in [-0.05, 0) is 0 Å². The molecule has 0 heterocycles. The van der Waals surface area contributed by atoms with E-state index >= 15 is 0 Å². The second-order valence-corrected chi connectivity index (χ2v) is 4.00. The number of rotatable bonds is 0. The Morgan fingerprint density at radius 1 is 1.00 bits per heavy atom. The molecule has 1 rings (SSSR count). The van der Waals surface area contributed by atoms with Crippen molar-refractivity contribution < 1.29 is 0 Å². The van der Waals surface area contributed by atoms with E-state index in [2.05, 4.69) is 24.3 Å². The van der Waals surface area contributed by atoms with Crippen LogP contribution in [-0.2, 0) is 0 Å². The second kappa shape index (κ2) is 4.29. The van der Waals surface area contributed by atoms with Gasteiger partial charge in [0.25, 0.3) is 0 Å². The van der Waals surface area contributed by atoms with E-state index in [-0.39, 0.29) is 12.4 Å². The molecule has 0 aliphatic heterocycles. The maximum absolute atomic E-state index is 2.16. The third kappa shape index (κ3) is 2.64. The average molecular weight is 325 g/mol. The summed E-state index contributed by atoms with van der Waals surface area (Å²) in [5.41, 5.74) is 0. The molecule has 0 aromatic heterocycles. The zero-order valence-corrected chi connectivity index (χ0v) is 9.68. The molecule has 2 heteroatoms. The first-order chi connectivity index (χ1) is 3.39. The predicted molar refractivity (Wildman–Crippen MR) is 41.9 cm³/mol. The number of benzene rings is 1. The maximum atomic E-state index is 2.16. The average Bonchev–Trinajstić information content (AvgIpc) is 1.69. The van der Waals surface area contributed by atoms with Crippen molar-refractivity contribution in [2.45, 2.75) is 0 Å². The molecule has 0 atom stereocenters. The molecule has 0 aliphatic rings. The fourth-order valence-electron chi connectivity index (χ4n) is 0.453. The van der Waals surface area contributed by atoms with Crippen molar-refractivity contribution in [3.63, 3.8) is 0 Å². The van der Waals surface area contributed by atoms with Crippen LogP contribution in [0, 0.1) is 0 Å². The van der Waals surface area contributed by atoms with Crippen LogP contribution in [0.1, 0.15) is 0 Å². The van der Waals surface area contributed by atoms with Crippen molar-refractivity contribution in [1.82, 2.24) is 0 Å². The molecule has 0 saturated heterocycles. The van der Waals surface area contributed by atoms with Gasteiger partial charge in [0.05, 0.1) is 0 Å². The first-order valence-corrected chi connectivity index (χ1v) is 4.44. The summed E-state index contributed by atoms with van der Waals surface area (Å²) < 4.78 is 1.49. The molecule has 0 unspecified atom stereocenters. The van der Waals surface area contributed by atoms with Gasteiger partial charge in [-0.25, -0.2) is 0 Å². The molecule has 1 aromatic carbocycles. The summed E-state index contributed by atoms with van der Waals surface area (Å²) in [7, 11) is 0. The summed E-state index contributed by atoms with van der Waals surface area (Å²) in [4.78, 5) is 0. The van der Waals surface area contributed by atoms with E-state index in [0.29, 0.717) is 0 Å². The Kier molecular flexibility index (Phi) is 4.50. The molecule has 0 saturated carbocycles. The quantitative estimate of drug-likeness (QED) is 0.605. The van der Waals surface area contributed by atoms with E-state index in [1.165, 1.54) is 3.27 Å². The van der Waals surface area contributed by atoms with E-state index < -0.39 is 0 Å². The zero-order chi connectivity index (χ0) is 5.11. The molecule has 0 radical (unpaired) electrons. The van der Waals surface area contributed by atoms with Gasteiger partial charge in [-0.2, -0.15) is 0 Å². The molecule has 0 spiro atoms. The van der Waals surface area contributed by atoms with E-state index in [9.17, 15) is 0 Å². The van der Waals surface area contributed by atoms with Crippen LogP contribution < -0.4 is 3.27 Å². The van der Waals surface area contributed by atoms with Crippen LogP contribution in [0.3, 0.4) is 0 Å². The molecule has 8 heavy (non-hydrogen) atoms. The van der Waals surface area contributed by atoms with Gasteiger partial charge in [-0.1, -0.05) is 0 Å². The summed E-state index contributed by atoms with van der Waals surface area (Å²) >= 11 is 0.992. The number of hydrogen-bond acceptors (Lipinski definition) is 0. The van der Waals surface area contributed by atoms with E-state index in [4.69, 9.17) is 0 Å². The summed E-state index contributed by atoms with van der Waals surface area (Å²) in [6, 6.07) is 10.5. The number of halogens is 1. The van der Waals surface area contributed by atoms with Crippen molar-refractivity contribution in [3.05, 3.63) is 30.3 Å². The van der Waals surface area contributed by atoms with Crippen LogP contribution in [-0.4, -0.2) is 24.7 Å². The van der Waals surface area contributed by atoms with Gasteiger partial charge in [0.2, 0.25) is 0 Å². The van der Waals surface area contributed by atoms with Crippen molar-refractivity contribution in [2.75, 3.05) is 0 Å². The monoisotopic (exact) mass is 324 g/mol. The Morgan fingerprint density at radius 3 is 1.75 bits per heavy atom. The van der Waals surface area contributed by atoms with Gasteiger partial charge in [0.1, 0.15) is 0 Å². The minimum atomic E-state index is 0. The van der Waals surface area contributed by atoms with Crippen LogP contribution in [0.25, 0.3) is 0 Å². The molecular weight excluding hydrogens is 316 g/mol. The Balaban J connectivity index is 0.000000490. The van der Waals surface area contributed by atoms with Gasteiger partial charge in [0.15, 0.2) is 0 Å². The first kappa shape index (κ1) is 8.39. The van der Waals surface area contributed by atoms with Crippen LogP contribution in [0.15, 0.2) is 30.3 Å². The van der Waals surface area contributed by atoms with Crippen molar-refractivity contribution in [1.29, 1.82) is 0 Å². The van der Waals surface area contributed by atoms with Crippen molar-refractivity contribution in [2.24, 2.45) is 0 Å². The molecule has 44 valence electrons. The molecule has 0 fully saturated rings. The van der Waals surface area contributed by atoms with Crippen molar-refractivity contribution in [3.8, 4) is 0 Å². The third-order valence-electron chi connectivity index (χ3n) is 0.800. The van der Waals surface area contributed by atoms with Crippen molar-refractivity contribution >= 4 is 40.4 Å². The molecule has 0 amide bonds. The fourth-order valence-corrected chi connectivity index (χ4v) is 1.32. The van der Waals surface area contributed by atoms with Crippen LogP contribution in [0.4, 0.5) is 0 Å². The standard InChI is InChI=1S/C6H5.Bi.ClH.2H/c1-2-4-6-5-3-1;;;;/h1-5H;;1H;;. The number of hydrogen-bond donors (Lipinski definition) is 0. The topological polar surface area (TPSA) is 0 Å². The third-order valence-corrected chi connectivity index (χ3v) is 2.30. The normalized spacial score (nSPS) is 7.62. The predicted octanol–water partition coefficient (Wildman–Crippen LogP) is 0.367. The summed E-state index contributed by atoms with van der Waals surface area (Å²) in [6.45, 7) is 0. The van der Waals surface area contributed by atoms with Gasteiger partial charge in [0, 0.05) is 0 Å². The van der Waals surface area contributed by atoms with E-state index in [0.717, 1.165) is 24.7 Å². The van der Waals surface area contributed by atoms with Crippen LogP contribution in [0.5, 0.6) is 0 Å². The van der Waals surface area contributed by atoms with Crippen LogP contribution in [0.2, 0.25) is 0 Å². The Hall–Kier alpha value is 0.393. The van der Waals surface area contributed by atoms with Gasteiger partial charge in [-0.3, -0.25) is 0 Å². The summed E-state index contributed by atoms with van der Waals surface area (Å²) in [5.74, 6) is 0. The van der Waals surface area contributed by atoms with Gasteiger partial charge in [-0.15, -0.1) is 12.4 Å². The first-order valence-electron chi connectivity index (χ1n) is 2.20. The second-order valence-electron chi connectivity index (χ2n) is 1.41. The summed E-state index contributed by atoms with van der Waals surface area (Å²) in [5, 5.41) is 0. The fraction of sp³-hybridized carbons (Fsp3) is 0. The molecule has 0 nitrogen and oxygen atoms in total. The SMILES string of the molecule is Cl.[BiH2][c]1ccccc1. The zero-order valence-electron chi connectivity index (χ0n) is 4.37. The Morgan fingerprint density at radius 2 is 1.50 bits per heavy atom. The molecule has 0 bridgehead atoms. The Bertz CT molecular complexity index is 138. The van der Waals surface area contributed by atoms with Crippen LogP contribution >= 0.6 is 12.4 Å². The van der Waals surface area contributed by atoms with E-state index in [1.54, 1.807) is 0 Å².